The summed E-state index contributed by atoms with van der Waals surface area (Å²) in [5.41, 5.74) is -0.340. The van der Waals surface area contributed by atoms with Crippen LogP contribution in [0.4, 0.5) is 8.78 Å². The smallest absolute Gasteiger partial charge is 0.185 e. The summed E-state index contributed by atoms with van der Waals surface area (Å²) >= 11 is 3.61. The summed E-state index contributed by atoms with van der Waals surface area (Å²) in [7, 11) is 0. The first kappa shape index (κ1) is 15.6. The van der Waals surface area contributed by atoms with Crippen molar-refractivity contribution >= 4 is 32.8 Å². The molecule has 0 spiro atoms. The van der Waals surface area contributed by atoms with Crippen LogP contribution in [0.15, 0.2) is 16.6 Å². The zero-order valence-corrected chi connectivity index (χ0v) is 11.8. The van der Waals surface area contributed by atoms with E-state index < -0.39 is 23.8 Å². The SMILES string of the molecule is CC(=O)SCC(O)C(O)c1cc(F)c(Br)cc1F. The molecule has 0 fully saturated rings. The molecule has 18 heavy (non-hydrogen) atoms. The van der Waals surface area contributed by atoms with Crippen LogP contribution in [0, 0.1) is 11.6 Å². The van der Waals surface area contributed by atoms with E-state index in [0.29, 0.717) is 0 Å². The van der Waals surface area contributed by atoms with E-state index in [-0.39, 0.29) is 20.9 Å². The third kappa shape index (κ3) is 4.01. The number of carbonyl (C=O) groups excluding carboxylic acids is 1. The maximum absolute atomic E-state index is 13.5. The molecule has 2 atom stereocenters. The van der Waals surface area contributed by atoms with E-state index >= 15 is 0 Å². The molecule has 0 bridgehead atoms. The largest absolute Gasteiger partial charge is 0.389 e. The van der Waals surface area contributed by atoms with Crippen LogP contribution in [0.5, 0.6) is 0 Å². The van der Waals surface area contributed by atoms with Gasteiger partial charge in [0.25, 0.3) is 0 Å². The highest BCUT2D eigenvalue weighted by Gasteiger charge is 2.23. The van der Waals surface area contributed by atoms with Gasteiger partial charge in [-0.25, -0.2) is 8.78 Å². The molecule has 2 N–H and O–H groups in total. The van der Waals surface area contributed by atoms with Crippen LogP contribution in [-0.4, -0.2) is 27.2 Å². The highest BCUT2D eigenvalue weighted by Crippen LogP contribution is 2.27. The van der Waals surface area contributed by atoms with Crippen LogP contribution in [0.25, 0.3) is 0 Å². The summed E-state index contributed by atoms with van der Waals surface area (Å²) < 4.78 is 26.7. The van der Waals surface area contributed by atoms with Crippen LogP contribution in [0.2, 0.25) is 0 Å². The molecule has 3 nitrogen and oxygen atoms in total. The van der Waals surface area contributed by atoms with Crippen molar-refractivity contribution in [3.63, 3.8) is 0 Å². The predicted octanol–water partition coefficient (Wildman–Crippen LogP) is 2.40. The van der Waals surface area contributed by atoms with Gasteiger partial charge in [-0.15, -0.1) is 0 Å². The van der Waals surface area contributed by atoms with Gasteiger partial charge in [-0.3, -0.25) is 4.79 Å². The van der Waals surface area contributed by atoms with Crippen molar-refractivity contribution in [2.75, 3.05) is 5.75 Å². The lowest BCUT2D eigenvalue weighted by molar-refractivity contribution is -0.109. The molecule has 1 aromatic carbocycles. The molecule has 0 amide bonds. The van der Waals surface area contributed by atoms with Gasteiger partial charge in [0.2, 0.25) is 0 Å². The summed E-state index contributed by atoms with van der Waals surface area (Å²) in [6.07, 6.45) is -2.94. The molecule has 0 aliphatic heterocycles. The minimum Gasteiger partial charge on any atom is -0.389 e. The fourth-order valence-corrected chi connectivity index (χ4v) is 2.17. The predicted molar refractivity (Wildman–Crippen MR) is 68.2 cm³/mol. The Bertz CT molecular complexity index is 456. The normalized spacial score (nSPS) is 14.3. The van der Waals surface area contributed by atoms with Gasteiger partial charge in [0, 0.05) is 18.2 Å². The Labute approximate surface area is 115 Å². The average molecular weight is 341 g/mol. The summed E-state index contributed by atoms with van der Waals surface area (Å²) in [5, 5.41) is 19.0. The molecule has 0 saturated heterocycles. The fourth-order valence-electron chi connectivity index (χ4n) is 1.27. The molecule has 0 saturated carbocycles. The molecular weight excluding hydrogens is 330 g/mol. The van der Waals surface area contributed by atoms with E-state index in [1.54, 1.807) is 0 Å². The van der Waals surface area contributed by atoms with E-state index in [4.69, 9.17) is 0 Å². The number of benzene rings is 1. The van der Waals surface area contributed by atoms with Crippen molar-refractivity contribution in [2.45, 2.75) is 19.1 Å². The summed E-state index contributed by atoms with van der Waals surface area (Å²) in [6.45, 7) is 1.31. The lowest BCUT2D eigenvalue weighted by Gasteiger charge is -2.18. The van der Waals surface area contributed by atoms with Gasteiger partial charge in [-0.05, 0) is 28.1 Å². The maximum Gasteiger partial charge on any atom is 0.185 e. The number of carbonyl (C=O) groups is 1. The van der Waals surface area contributed by atoms with Gasteiger partial charge in [-0.1, -0.05) is 11.8 Å². The van der Waals surface area contributed by atoms with Gasteiger partial charge in [-0.2, -0.15) is 0 Å². The second-order valence-corrected chi connectivity index (χ2v) is 5.65. The molecule has 0 radical (unpaired) electrons. The monoisotopic (exact) mass is 340 g/mol. The Morgan fingerprint density at radius 1 is 1.39 bits per heavy atom. The Morgan fingerprint density at radius 3 is 2.56 bits per heavy atom. The number of thioether (sulfide) groups is 1. The van der Waals surface area contributed by atoms with E-state index in [1.165, 1.54) is 6.92 Å². The highest BCUT2D eigenvalue weighted by atomic mass is 79.9. The van der Waals surface area contributed by atoms with Crippen LogP contribution in [-0.2, 0) is 4.79 Å². The number of aliphatic hydroxyl groups excluding tert-OH is 2. The molecule has 1 aromatic rings. The Morgan fingerprint density at radius 2 is 2.00 bits per heavy atom. The molecule has 0 aliphatic carbocycles. The summed E-state index contributed by atoms with van der Waals surface area (Å²) in [6, 6.07) is 1.68. The fraction of sp³-hybridized carbons (Fsp3) is 0.364. The standard InChI is InChI=1S/C11H11BrF2O3S/c1-5(15)18-4-10(16)11(17)6-2-9(14)7(12)3-8(6)13/h2-3,10-11,16-17H,4H2,1H3. The first-order valence-corrected chi connectivity index (χ1v) is 6.74. The quantitative estimate of drug-likeness (QED) is 0.826. The van der Waals surface area contributed by atoms with Crippen molar-refractivity contribution in [2.24, 2.45) is 0 Å². The summed E-state index contributed by atoms with van der Waals surface area (Å²) in [5.74, 6) is -1.66. The van der Waals surface area contributed by atoms with Gasteiger partial charge in [0.15, 0.2) is 5.12 Å². The van der Waals surface area contributed by atoms with Crippen molar-refractivity contribution in [3.05, 3.63) is 33.8 Å². The molecular formula is C11H11BrF2O3S. The lowest BCUT2D eigenvalue weighted by Crippen LogP contribution is -2.22. The zero-order chi connectivity index (χ0) is 13.9. The number of rotatable bonds is 4. The van der Waals surface area contributed by atoms with Crippen LogP contribution in [0.3, 0.4) is 0 Å². The van der Waals surface area contributed by atoms with Crippen molar-refractivity contribution in [1.82, 2.24) is 0 Å². The second kappa shape index (κ2) is 6.60. The van der Waals surface area contributed by atoms with E-state index in [0.717, 1.165) is 23.9 Å². The molecule has 1 rings (SSSR count). The minimum absolute atomic E-state index is 0.0662. The Hall–Kier alpha value is -0.500. The molecule has 0 heterocycles. The van der Waals surface area contributed by atoms with Crippen LogP contribution in [0.1, 0.15) is 18.6 Å². The van der Waals surface area contributed by atoms with Crippen molar-refractivity contribution in [3.8, 4) is 0 Å². The van der Waals surface area contributed by atoms with Gasteiger partial charge >= 0.3 is 0 Å². The molecule has 0 aromatic heterocycles. The summed E-state index contributed by atoms with van der Waals surface area (Å²) in [4.78, 5) is 10.7. The topological polar surface area (TPSA) is 57.5 Å². The Kier molecular flexibility index (Phi) is 5.71. The van der Waals surface area contributed by atoms with Crippen LogP contribution >= 0.6 is 27.7 Å². The van der Waals surface area contributed by atoms with Crippen LogP contribution < -0.4 is 0 Å². The zero-order valence-electron chi connectivity index (χ0n) is 9.36. The van der Waals surface area contributed by atoms with Gasteiger partial charge < -0.3 is 10.2 Å². The first-order chi connectivity index (χ1) is 8.32. The number of aliphatic hydroxyl groups is 2. The third-order valence-corrected chi connectivity index (χ3v) is 3.70. The highest BCUT2D eigenvalue weighted by molar-refractivity contribution is 9.10. The first-order valence-electron chi connectivity index (χ1n) is 4.97. The van der Waals surface area contributed by atoms with E-state index in [2.05, 4.69) is 15.9 Å². The minimum atomic E-state index is -1.58. The van der Waals surface area contributed by atoms with Crippen molar-refractivity contribution in [1.29, 1.82) is 0 Å². The number of hydrogen-bond donors (Lipinski definition) is 2. The van der Waals surface area contributed by atoms with E-state index in [1.807, 2.05) is 0 Å². The second-order valence-electron chi connectivity index (χ2n) is 3.60. The maximum atomic E-state index is 13.5. The molecule has 100 valence electrons. The molecule has 2 unspecified atom stereocenters. The average Bonchev–Trinajstić information content (AvgIpc) is 2.29. The Balaban J connectivity index is 2.86. The lowest BCUT2D eigenvalue weighted by atomic mass is 10.0. The number of hydrogen-bond acceptors (Lipinski definition) is 4. The third-order valence-electron chi connectivity index (χ3n) is 2.18. The number of halogens is 3. The van der Waals surface area contributed by atoms with Gasteiger partial charge in [0.05, 0.1) is 10.6 Å². The van der Waals surface area contributed by atoms with E-state index in [9.17, 15) is 23.8 Å². The molecule has 7 heteroatoms. The molecule has 0 aliphatic rings. The van der Waals surface area contributed by atoms with Gasteiger partial charge in [0.1, 0.15) is 17.7 Å². The van der Waals surface area contributed by atoms with Crippen molar-refractivity contribution < 1.29 is 23.8 Å².